The van der Waals surface area contributed by atoms with Gasteiger partial charge in [-0.25, -0.2) is 9.37 Å². The number of carbonyl (C=O) groups excluding carboxylic acids is 3. The Bertz CT molecular complexity index is 1340. The van der Waals surface area contributed by atoms with Crippen LogP contribution in [0.4, 0.5) is 9.18 Å². The highest BCUT2D eigenvalue weighted by atomic mass is 32.2. The van der Waals surface area contributed by atoms with Crippen molar-refractivity contribution < 1.29 is 23.2 Å². The zero-order valence-corrected chi connectivity index (χ0v) is 17.9. The van der Waals surface area contributed by atoms with Crippen LogP contribution in [0.3, 0.4) is 0 Å². The van der Waals surface area contributed by atoms with Gasteiger partial charge in [-0.2, -0.15) is 0 Å². The first-order valence-electron chi connectivity index (χ1n) is 9.50. The van der Waals surface area contributed by atoms with Crippen LogP contribution in [0.25, 0.3) is 17.2 Å². The second kappa shape index (κ2) is 8.42. The minimum atomic E-state index is -0.569. The third-order valence-corrected chi connectivity index (χ3v) is 5.74. The number of aromatic nitrogens is 2. The monoisotopic (exact) mass is 456 g/mol. The number of thioether (sulfide) groups is 1. The lowest BCUT2D eigenvalue weighted by Crippen LogP contribution is -2.37. The number of carbonyl (C=O) groups is 3. The maximum atomic E-state index is 13.0. The van der Waals surface area contributed by atoms with E-state index >= 15 is 0 Å². The van der Waals surface area contributed by atoms with Gasteiger partial charge in [0.25, 0.3) is 22.6 Å². The SMILES string of the molecule is Cc1oc2ncn(C)c(=O)c2c1C(=O)NCCN1C(=O)S/C(=C\c2ccc(F)cc2)C1=O. The molecule has 11 heteroatoms. The van der Waals surface area contributed by atoms with Crippen molar-refractivity contribution in [3.63, 3.8) is 0 Å². The van der Waals surface area contributed by atoms with Gasteiger partial charge in [0, 0.05) is 20.1 Å². The van der Waals surface area contributed by atoms with Crippen LogP contribution < -0.4 is 10.9 Å². The maximum absolute atomic E-state index is 13.0. The molecule has 164 valence electrons. The van der Waals surface area contributed by atoms with E-state index in [4.69, 9.17) is 4.42 Å². The van der Waals surface area contributed by atoms with Crippen LogP contribution in [0.1, 0.15) is 21.7 Å². The van der Waals surface area contributed by atoms with Crippen LogP contribution in [0.5, 0.6) is 0 Å². The smallest absolute Gasteiger partial charge is 0.293 e. The van der Waals surface area contributed by atoms with E-state index in [2.05, 4.69) is 10.3 Å². The van der Waals surface area contributed by atoms with Crippen LogP contribution in [0, 0.1) is 12.7 Å². The van der Waals surface area contributed by atoms with E-state index in [0.29, 0.717) is 5.56 Å². The molecule has 9 nitrogen and oxygen atoms in total. The summed E-state index contributed by atoms with van der Waals surface area (Å²) in [6, 6.07) is 5.52. The molecule has 0 saturated carbocycles. The van der Waals surface area contributed by atoms with Crippen molar-refractivity contribution in [3.8, 4) is 0 Å². The summed E-state index contributed by atoms with van der Waals surface area (Å²) in [5, 5.41) is 2.21. The molecule has 3 heterocycles. The Kier molecular flexibility index (Phi) is 5.66. The summed E-state index contributed by atoms with van der Waals surface area (Å²) >= 11 is 0.770. The number of rotatable bonds is 5. The summed E-state index contributed by atoms with van der Waals surface area (Å²) in [6.45, 7) is 1.47. The number of fused-ring (bicyclic) bond motifs is 1. The fourth-order valence-corrected chi connectivity index (χ4v) is 4.10. The first kappa shape index (κ1) is 21.5. The van der Waals surface area contributed by atoms with Gasteiger partial charge in [0.15, 0.2) is 0 Å². The Morgan fingerprint density at radius 3 is 2.69 bits per heavy atom. The second-order valence-corrected chi connectivity index (χ2v) is 8.01. The maximum Gasteiger partial charge on any atom is 0.293 e. The first-order valence-corrected chi connectivity index (χ1v) is 10.3. The molecule has 0 bridgehead atoms. The fourth-order valence-electron chi connectivity index (χ4n) is 3.23. The van der Waals surface area contributed by atoms with Crippen molar-refractivity contribution in [1.82, 2.24) is 19.8 Å². The summed E-state index contributed by atoms with van der Waals surface area (Å²) in [5.41, 5.74) is 0.295. The van der Waals surface area contributed by atoms with Crippen molar-refractivity contribution in [3.05, 3.63) is 68.6 Å². The molecule has 2 aromatic heterocycles. The molecule has 1 aliphatic rings. The van der Waals surface area contributed by atoms with Crippen LogP contribution in [0.2, 0.25) is 0 Å². The number of furan rings is 1. The highest BCUT2D eigenvalue weighted by molar-refractivity contribution is 8.18. The van der Waals surface area contributed by atoms with E-state index in [-0.39, 0.29) is 40.4 Å². The quantitative estimate of drug-likeness (QED) is 0.587. The van der Waals surface area contributed by atoms with Crippen molar-refractivity contribution in [1.29, 1.82) is 0 Å². The molecule has 0 aliphatic carbocycles. The predicted octanol–water partition coefficient (Wildman–Crippen LogP) is 2.44. The van der Waals surface area contributed by atoms with Gasteiger partial charge in [0.1, 0.15) is 23.3 Å². The predicted molar refractivity (Wildman–Crippen MR) is 115 cm³/mol. The van der Waals surface area contributed by atoms with E-state index in [9.17, 15) is 23.6 Å². The molecule has 3 aromatic rings. The summed E-state index contributed by atoms with van der Waals surface area (Å²) in [4.78, 5) is 55.1. The molecule has 1 saturated heterocycles. The third kappa shape index (κ3) is 3.94. The average molecular weight is 456 g/mol. The molecule has 0 radical (unpaired) electrons. The van der Waals surface area contributed by atoms with Gasteiger partial charge in [-0.15, -0.1) is 0 Å². The van der Waals surface area contributed by atoms with Crippen LogP contribution in [-0.2, 0) is 11.8 Å². The molecule has 1 aromatic carbocycles. The van der Waals surface area contributed by atoms with Gasteiger partial charge >= 0.3 is 0 Å². The molecule has 1 N–H and O–H groups in total. The van der Waals surface area contributed by atoms with E-state index < -0.39 is 28.4 Å². The van der Waals surface area contributed by atoms with Crippen LogP contribution in [0.15, 0.2) is 44.7 Å². The number of imide groups is 1. The van der Waals surface area contributed by atoms with Crippen molar-refractivity contribution >= 4 is 46.0 Å². The van der Waals surface area contributed by atoms with Gasteiger partial charge in [0.2, 0.25) is 5.71 Å². The number of nitrogens with zero attached hydrogens (tertiary/aromatic N) is 3. The summed E-state index contributed by atoms with van der Waals surface area (Å²) in [5.74, 6) is -1.23. The van der Waals surface area contributed by atoms with Crippen LogP contribution in [-0.4, -0.2) is 44.6 Å². The van der Waals surface area contributed by atoms with Gasteiger partial charge in [-0.1, -0.05) is 12.1 Å². The summed E-state index contributed by atoms with van der Waals surface area (Å²) < 4.78 is 19.7. The Balaban J connectivity index is 1.45. The molecular formula is C21H17FN4O5S. The molecular weight excluding hydrogens is 439 g/mol. The number of halogens is 1. The number of nitrogens with one attached hydrogen (secondary N) is 1. The van der Waals surface area contributed by atoms with Crippen molar-refractivity contribution in [2.75, 3.05) is 13.1 Å². The Hall–Kier alpha value is -3.73. The minimum Gasteiger partial charge on any atom is -0.442 e. The zero-order chi connectivity index (χ0) is 23.0. The number of aryl methyl sites for hydroxylation is 2. The van der Waals surface area contributed by atoms with Crippen molar-refractivity contribution in [2.45, 2.75) is 6.92 Å². The van der Waals surface area contributed by atoms with Crippen molar-refractivity contribution in [2.24, 2.45) is 7.05 Å². The molecule has 1 aliphatic heterocycles. The lowest BCUT2D eigenvalue weighted by molar-refractivity contribution is -0.122. The molecule has 0 unspecified atom stereocenters. The van der Waals surface area contributed by atoms with Gasteiger partial charge < -0.3 is 14.3 Å². The van der Waals surface area contributed by atoms with Gasteiger partial charge in [-0.3, -0.25) is 24.1 Å². The Morgan fingerprint density at radius 1 is 1.25 bits per heavy atom. The number of benzene rings is 1. The highest BCUT2D eigenvalue weighted by Gasteiger charge is 2.34. The molecule has 3 amide bonds. The molecule has 0 spiro atoms. The fraction of sp³-hybridized carbons (Fsp3) is 0.190. The average Bonchev–Trinajstić information content (AvgIpc) is 3.23. The number of hydrogen-bond donors (Lipinski definition) is 1. The number of amides is 3. The summed E-state index contributed by atoms with van der Waals surface area (Å²) in [6.07, 6.45) is 2.81. The van der Waals surface area contributed by atoms with Crippen LogP contribution >= 0.6 is 11.8 Å². The minimum absolute atomic E-state index is 0.0204. The molecule has 32 heavy (non-hydrogen) atoms. The highest BCUT2D eigenvalue weighted by Crippen LogP contribution is 2.32. The standard InChI is InChI=1S/C21H17FN4O5S/c1-11-15(16-18(31-11)24-10-25(2)20(16)29)17(27)23-7-8-26-19(28)14(32-21(26)30)9-12-3-5-13(22)6-4-12/h3-6,9-10H,7-8H2,1-2H3,(H,23,27)/b14-9-. The normalized spacial score (nSPS) is 15.2. The lowest BCUT2D eigenvalue weighted by Gasteiger charge is -2.13. The molecule has 4 rings (SSSR count). The van der Waals surface area contributed by atoms with E-state index in [1.54, 1.807) is 6.92 Å². The third-order valence-electron chi connectivity index (χ3n) is 4.84. The molecule has 1 fully saturated rings. The largest absolute Gasteiger partial charge is 0.442 e. The van der Waals surface area contributed by atoms with Gasteiger partial charge in [0.05, 0.1) is 10.5 Å². The first-order chi connectivity index (χ1) is 15.3. The molecule has 0 atom stereocenters. The van der Waals surface area contributed by atoms with Gasteiger partial charge in [-0.05, 0) is 42.5 Å². The zero-order valence-electron chi connectivity index (χ0n) is 17.0. The van der Waals surface area contributed by atoms with E-state index in [1.807, 2.05) is 0 Å². The van der Waals surface area contributed by atoms with E-state index in [1.165, 1.54) is 48.3 Å². The second-order valence-electron chi connectivity index (χ2n) is 7.01. The number of hydrogen-bond acceptors (Lipinski definition) is 7. The summed E-state index contributed by atoms with van der Waals surface area (Å²) in [7, 11) is 1.51. The van der Waals surface area contributed by atoms with E-state index in [0.717, 1.165) is 16.7 Å². The lowest BCUT2D eigenvalue weighted by atomic mass is 10.2. The Labute approximate surface area is 184 Å². The topological polar surface area (TPSA) is 115 Å². The Morgan fingerprint density at radius 2 is 1.97 bits per heavy atom.